The van der Waals surface area contributed by atoms with Crippen LogP contribution in [-0.2, 0) is 9.59 Å². The number of rotatable bonds is 1. The Labute approximate surface area is 122 Å². The summed E-state index contributed by atoms with van der Waals surface area (Å²) in [5.74, 6) is -7.84. The summed E-state index contributed by atoms with van der Waals surface area (Å²) in [6.45, 7) is 0. The van der Waals surface area contributed by atoms with Crippen LogP contribution in [0.5, 0.6) is 0 Å². The van der Waals surface area contributed by atoms with Gasteiger partial charge in [0.05, 0.1) is 17.5 Å². The summed E-state index contributed by atoms with van der Waals surface area (Å²) in [4.78, 5) is 47.9. The summed E-state index contributed by atoms with van der Waals surface area (Å²) in [5, 5.41) is 10.9. The van der Waals surface area contributed by atoms with E-state index in [-0.39, 0.29) is 21.7 Å². The number of imide groups is 1. The number of hydrogen-bond acceptors (Lipinski definition) is 6. The molecule has 4 N–H and O–H groups in total. The largest absolute Gasteiger partial charge is 0.398 e. The Morgan fingerprint density at radius 3 is 2.59 bits per heavy atom. The molecule has 0 aliphatic carbocycles. The van der Waals surface area contributed by atoms with Crippen LogP contribution in [0, 0.1) is 0 Å². The average Bonchev–Trinajstić information content (AvgIpc) is 2.70. The van der Waals surface area contributed by atoms with Crippen molar-refractivity contribution in [3.8, 4) is 0 Å². The van der Waals surface area contributed by atoms with Crippen molar-refractivity contribution in [1.29, 1.82) is 0 Å². The van der Waals surface area contributed by atoms with Crippen LogP contribution in [-0.4, -0.2) is 45.5 Å². The van der Waals surface area contributed by atoms with E-state index in [1.165, 1.54) is 18.2 Å². The molecule has 8 nitrogen and oxygen atoms in total. The lowest BCUT2D eigenvalue weighted by Crippen LogP contribution is -2.65. The van der Waals surface area contributed by atoms with Gasteiger partial charge in [-0.2, -0.15) is 0 Å². The van der Waals surface area contributed by atoms with Crippen molar-refractivity contribution in [2.24, 2.45) is 0 Å². The second-order valence-corrected chi connectivity index (χ2v) is 4.99. The van der Waals surface area contributed by atoms with Crippen LogP contribution >= 0.6 is 0 Å². The molecule has 2 aliphatic rings. The number of halogens is 1. The number of hydrogen-bond donors (Lipinski definition) is 3. The molecule has 9 heteroatoms. The fourth-order valence-corrected chi connectivity index (χ4v) is 2.54. The van der Waals surface area contributed by atoms with Gasteiger partial charge in [-0.15, -0.1) is 0 Å². The number of aliphatic hydroxyl groups excluding tert-OH is 1. The van der Waals surface area contributed by atoms with Gasteiger partial charge in [-0.05, 0) is 12.1 Å². The lowest BCUT2D eigenvalue weighted by molar-refractivity contribution is -0.160. The molecule has 3 amide bonds. The molecule has 2 heterocycles. The van der Waals surface area contributed by atoms with Crippen LogP contribution in [0.25, 0.3) is 0 Å². The van der Waals surface area contributed by atoms with E-state index in [2.05, 4.69) is 0 Å². The smallest absolute Gasteiger partial charge is 0.282 e. The number of nitrogens with zero attached hydrogens (tertiary/aromatic N) is 1. The Morgan fingerprint density at radius 1 is 1.27 bits per heavy atom. The molecule has 1 saturated heterocycles. The molecule has 0 saturated carbocycles. The molecule has 2 unspecified atom stereocenters. The second kappa shape index (κ2) is 4.34. The van der Waals surface area contributed by atoms with E-state index in [0.29, 0.717) is 0 Å². The van der Waals surface area contributed by atoms with E-state index in [4.69, 9.17) is 5.73 Å². The number of aliphatic hydroxyl groups is 1. The maximum absolute atomic E-state index is 15.0. The first-order valence-corrected chi connectivity index (χ1v) is 6.25. The number of anilines is 1. The Kier molecular flexibility index (Phi) is 2.79. The van der Waals surface area contributed by atoms with Gasteiger partial charge >= 0.3 is 0 Å². The Balaban J connectivity index is 2.09. The van der Waals surface area contributed by atoms with E-state index < -0.39 is 41.9 Å². The summed E-state index contributed by atoms with van der Waals surface area (Å²) in [6.07, 6.45) is -2.98. The van der Waals surface area contributed by atoms with E-state index in [0.717, 1.165) is 0 Å². The first-order chi connectivity index (χ1) is 10.3. The summed E-state index contributed by atoms with van der Waals surface area (Å²) >= 11 is 0. The lowest BCUT2D eigenvalue weighted by Gasteiger charge is -2.35. The number of nitrogens with one attached hydrogen (secondary N) is 1. The van der Waals surface area contributed by atoms with E-state index in [1.54, 1.807) is 5.32 Å². The normalized spacial score (nSPS) is 27.9. The van der Waals surface area contributed by atoms with Crippen LogP contribution in [0.2, 0.25) is 0 Å². The molecule has 114 valence electrons. The number of amides is 3. The number of benzene rings is 1. The van der Waals surface area contributed by atoms with Gasteiger partial charge in [-0.3, -0.25) is 19.2 Å². The highest BCUT2D eigenvalue weighted by Crippen LogP contribution is 2.36. The zero-order chi connectivity index (χ0) is 16.2. The standard InChI is InChI=1S/C13H10FN3O5/c14-13(4-7(18)9(19)16-12(13)22)17-10(20)5-2-1-3-6(15)8(5)11(17)21/h1-3,9,19H,4,15H2,(H,16,22). The fraction of sp³-hybridized carbons (Fsp3) is 0.231. The number of carbonyl (C=O) groups is 4. The predicted octanol–water partition coefficient (Wildman–Crippen LogP) is -1.06. The molecule has 22 heavy (non-hydrogen) atoms. The van der Waals surface area contributed by atoms with Crippen molar-refractivity contribution < 1.29 is 28.7 Å². The van der Waals surface area contributed by atoms with Crippen molar-refractivity contribution in [3.63, 3.8) is 0 Å². The van der Waals surface area contributed by atoms with Gasteiger partial charge in [-0.25, -0.2) is 9.29 Å². The Bertz CT molecular complexity index is 749. The number of carbonyl (C=O) groups excluding carboxylic acids is 4. The van der Waals surface area contributed by atoms with E-state index in [9.17, 15) is 28.7 Å². The molecule has 1 aromatic carbocycles. The number of nitrogens with two attached hydrogens (primary N) is 1. The van der Waals surface area contributed by atoms with Gasteiger partial charge in [0, 0.05) is 5.69 Å². The summed E-state index contributed by atoms with van der Waals surface area (Å²) in [6, 6.07) is 4.03. The Hall–Kier alpha value is -2.81. The van der Waals surface area contributed by atoms with Crippen LogP contribution in [0.3, 0.4) is 0 Å². The summed E-state index contributed by atoms with van der Waals surface area (Å²) in [5.41, 5.74) is 5.22. The maximum atomic E-state index is 15.0. The maximum Gasteiger partial charge on any atom is 0.282 e. The van der Waals surface area contributed by atoms with Gasteiger partial charge in [0.25, 0.3) is 23.5 Å². The zero-order valence-corrected chi connectivity index (χ0v) is 11.0. The minimum absolute atomic E-state index is 0.0375. The Morgan fingerprint density at radius 2 is 1.95 bits per heavy atom. The van der Waals surface area contributed by atoms with Crippen LogP contribution in [0.4, 0.5) is 10.1 Å². The third-order valence-corrected chi connectivity index (χ3v) is 3.63. The molecule has 1 fully saturated rings. The minimum Gasteiger partial charge on any atom is -0.398 e. The van der Waals surface area contributed by atoms with Crippen molar-refractivity contribution in [1.82, 2.24) is 10.2 Å². The van der Waals surface area contributed by atoms with Gasteiger partial charge < -0.3 is 16.2 Å². The molecule has 0 radical (unpaired) electrons. The average molecular weight is 307 g/mol. The van der Waals surface area contributed by atoms with Crippen molar-refractivity contribution in [2.45, 2.75) is 18.4 Å². The van der Waals surface area contributed by atoms with Gasteiger partial charge in [0.2, 0.25) is 0 Å². The fourth-order valence-electron chi connectivity index (χ4n) is 2.54. The quantitative estimate of drug-likeness (QED) is 0.344. The van der Waals surface area contributed by atoms with E-state index in [1.807, 2.05) is 0 Å². The molecule has 0 bridgehead atoms. The zero-order valence-electron chi connectivity index (χ0n) is 11.0. The molecular weight excluding hydrogens is 297 g/mol. The highest BCUT2D eigenvalue weighted by atomic mass is 19.1. The molecular formula is C13H10FN3O5. The predicted molar refractivity (Wildman–Crippen MR) is 69.0 cm³/mol. The summed E-state index contributed by atoms with van der Waals surface area (Å²) < 4.78 is 15.0. The highest BCUT2D eigenvalue weighted by Gasteiger charge is 2.59. The summed E-state index contributed by atoms with van der Waals surface area (Å²) in [7, 11) is 0. The van der Waals surface area contributed by atoms with Crippen LogP contribution in [0.15, 0.2) is 18.2 Å². The molecule has 0 spiro atoms. The van der Waals surface area contributed by atoms with Crippen LogP contribution in [0.1, 0.15) is 27.1 Å². The minimum atomic E-state index is -3.20. The van der Waals surface area contributed by atoms with Gasteiger partial charge in [-0.1, -0.05) is 6.07 Å². The first kappa shape index (κ1) is 14.1. The number of ketones is 1. The third-order valence-electron chi connectivity index (χ3n) is 3.63. The molecule has 0 aromatic heterocycles. The van der Waals surface area contributed by atoms with Crippen molar-refractivity contribution >= 4 is 29.2 Å². The van der Waals surface area contributed by atoms with Crippen molar-refractivity contribution in [3.05, 3.63) is 29.3 Å². The SMILES string of the molecule is Nc1cccc2c1C(=O)N(C1(F)CC(=O)C(O)NC1=O)C2=O. The number of alkyl halides is 1. The van der Waals surface area contributed by atoms with Gasteiger partial charge in [0.1, 0.15) is 0 Å². The second-order valence-electron chi connectivity index (χ2n) is 4.99. The molecule has 2 aliphatic heterocycles. The number of Topliss-reactive ketones (excluding diaryl/α,β-unsaturated/α-hetero) is 1. The number of nitrogen functional groups attached to an aromatic ring is 1. The highest BCUT2D eigenvalue weighted by molar-refractivity contribution is 6.25. The van der Waals surface area contributed by atoms with Crippen molar-refractivity contribution in [2.75, 3.05) is 5.73 Å². The molecule has 3 rings (SSSR count). The number of fused-ring (bicyclic) bond motifs is 1. The molecule has 1 aromatic rings. The monoisotopic (exact) mass is 307 g/mol. The lowest BCUT2D eigenvalue weighted by atomic mass is 9.99. The van der Waals surface area contributed by atoms with Gasteiger partial charge in [0.15, 0.2) is 12.0 Å². The topological polar surface area (TPSA) is 130 Å². The first-order valence-electron chi connectivity index (χ1n) is 6.25. The van der Waals surface area contributed by atoms with E-state index >= 15 is 0 Å². The molecule has 2 atom stereocenters. The number of piperidine rings is 1. The van der Waals surface area contributed by atoms with Crippen LogP contribution < -0.4 is 11.1 Å². The third kappa shape index (κ3) is 1.65.